The highest BCUT2D eigenvalue weighted by molar-refractivity contribution is 7.11. The van der Waals surface area contributed by atoms with E-state index in [1.54, 1.807) is 0 Å². The molecule has 0 aliphatic heterocycles. The molecule has 2 N–H and O–H groups in total. The Morgan fingerprint density at radius 2 is 2.05 bits per heavy atom. The number of thiazole rings is 1. The smallest absolute Gasteiger partial charge is 0.0959 e. The first-order chi connectivity index (χ1) is 9.85. The summed E-state index contributed by atoms with van der Waals surface area (Å²) in [6, 6.07) is 8.26. The fourth-order valence-electron chi connectivity index (χ4n) is 2.36. The van der Waals surface area contributed by atoms with E-state index in [1.165, 1.54) is 34.7 Å². The lowest BCUT2D eigenvalue weighted by Crippen LogP contribution is -2.07. The molecular formula is C16H20N2OS. The van der Waals surface area contributed by atoms with Crippen LogP contribution < -0.4 is 5.32 Å². The monoisotopic (exact) mass is 288 g/mol. The summed E-state index contributed by atoms with van der Waals surface area (Å²) in [6.45, 7) is 1.04. The van der Waals surface area contributed by atoms with Crippen LogP contribution in [-0.2, 0) is 13.0 Å². The summed E-state index contributed by atoms with van der Waals surface area (Å²) in [4.78, 5) is 5.84. The van der Waals surface area contributed by atoms with E-state index in [9.17, 15) is 0 Å². The maximum Gasteiger partial charge on any atom is 0.0959 e. The number of hydrogen-bond donors (Lipinski definition) is 2. The summed E-state index contributed by atoms with van der Waals surface area (Å²) in [6.07, 6.45) is 6.71. The summed E-state index contributed by atoms with van der Waals surface area (Å²) >= 11 is 1.84. The standard InChI is InChI=1S/C16H20N2OS/c19-9-8-12-4-6-14(7-5-12)17-10-15-11-18-16(20-15)13-2-1-3-13/h4-7,11,13,17,19H,1-3,8-10H2. The first-order valence-corrected chi connectivity index (χ1v) is 8.05. The minimum atomic E-state index is 0.206. The van der Waals surface area contributed by atoms with Crippen molar-refractivity contribution in [2.24, 2.45) is 0 Å². The lowest BCUT2D eigenvalue weighted by Gasteiger charge is -2.22. The van der Waals surface area contributed by atoms with Gasteiger partial charge in [0.15, 0.2) is 0 Å². The highest BCUT2D eigenvalue weighted by atomic mass is 32.1. The van der Waals surface area contributed by atoms with Crippen molar-refractivity contribution in [3.8, 4) is 0 Å². The molecule has 1 saturated carbocycles. The average Bonchev–Trinajstić information content (AvgIpc) is 2.85. The van der Waals surface area contributed by atoms with E-state index in [4.69, 9.17) is 5.11 Å². The van der Waals surface area contributed by atoms with Gasteiger partial charge in [-0.2, -0.15) is 0 Å². The molecule has 1 fully saturated rings. The van der Waals surface area contributed by atoms with Crippen molar-refractivity contribution in [2.45, 2.75) is 38.1 Å². The Labute approximate surface area is 123 Å². The molecule has 0 amide bonds. The zero-order chi connectivity index (χ0) is 13.8. The molecule has 1 aromatic heterocycles. The zero-order valence-electron chi connectivity index (χ0n) is 11.5. The maximum absolute atomic E-state index is 8.89. The molecule has 0 radical (unpaired) electrons. The topological polar surface area (TPSA) is 45.1 Å². The van der Waals surface area contributed by atoms with Crippen molar-refractivity contribution in [1.29, 1.82) is 0 Å². The molecule has 0 bridgehead atoms. The lowest BCUT2D eigenvalue weighted by atomic mass is 9.86. The van der Waals surface area contributed by atoms with Crippen LogP contribution in [0.1, 0.15) is 40.6 Å². The van der Waals surface area contributed by atoms with Crippen LogP contribution in [0.3, 0.4) is 0 Å². The van der Waals surface area contributed by atoms with E-state index in [-0.39, 0.29) is 6.61 Å². The van der Waals surface area contributed by atoms with Gasteiger partial charge in [-0.1, -0.05) is 18.6 Å². The number of benzene rings is 1. The third-order valence-corrected chi connectivity index (χ3v) is 5.01. The summed E-state index contributed by atoms with van der Waals surface area (Å²) < 4.78 is 0. The molecule has 20 heavy (non-hydrogen) atoms. The van der Waals surface area contributed by atoms with E-state index in [0.29, 0.717) is 0 Å². The molecule has 106 valence electrons. The molecule has 1 heterocycles. The summed E-state index contributed by atoms with van der Waals surface area (Å²) in [7, 11) is 0. The molecule has 3 rings (SSSR count). The van der Waals surface area contributed by atoms with Gasteiger partial charge in [0.05, 0.1) is 11.6 Å². The Hall–Kier alpha value is -1.39. The van der Waals surface area contributed by atoms with Gasteiger partial charge in [-0.25, -0.2) is 4.98 Å². The largest absolute Gasteiger partial charge is 0.396 e. The molecule has 1 aliphatic carbocycles. The Morgan fingerprint density at radius 1 is 1.25 bits per heavy atom. The van der Waals surface area contributed by atoms with Gasteiger partial charge < -0.3 is 10.4 Å². The fourth-order valence-corrected chi connectivity index (χ4v) is 3.38. The van der Waals surface area contributed by atoms with E-state index >= 15 is 0 Å². The van der Waals surface area contributed by atoms with Gasteiger partial charge in [0.2, 0.25) is 0 Å². The minimum Gasteiger partial charge on any atom is -0.396 e. The van der Waals surface area contributed by atoms with Gasteiger partial charge in [-0.3, -0.25) is 0 Å². The SMILES string of the molecule is OCCc1ccc(NCc2cnc(C3CCC3)s2)cc1. The molecule has 1 aromatic carbocycles. The number of nitrogens with one attached hydrogen (secondary N) is 1. The van der Waals surface area contributed by atoms with Crippen LogP contribution in [0.5, 0.6) is 0 Å². The number of aliphatic hydroxyl groups is 1. The van der Waals surface area contributed by atoms with Crippen molar-refractivity contribution in [2.75, 3.05) is 11.9 Å². The van der Waals surface area contributed by atoms with Crippen molar-refractivity contribution in [3.63, 3.8) is 0 Å². The Kier molecular flexibility index (Phi) is 4.33. The van der Waals surface area contributed by atoms with Crippen molar-refractivity contribution in [1.82, 2.24) is 4.98 Å². The van der Waals surface area contributed by atoms with Crippen LogP contribution in [0, 0.1) is 0 Å². The van der Waals surface area contributed by atoms with Crippen LogP contribution in [-0.4, -0.2) is 16.7 Å². The summed E-state index contributed by atoms with van der Waals surface area (Å²) in [5, 5.41) is 13.6. The van der Waals surface area contributed by atoms with Gasteiger partial charge in [0, 0.05) is 29.3 Å². The number of nitrogens with zero attached hydrogens (tertiary/aromatic N) is 1. The Balaban J connectivity index is 1.54. The third-order valence-electron chi connectivity index (χ3n) is 3.85. The molecule has 0 spiro atoms. The van der Waals surface area contributed by atoms with Crippen LogP contribution in [0.15, 0.2) is 30.5 Å². The Morgan fingerprint density at radius 3 is 2.70 bits per heavy atom. The minimum absolute atomic E-state index is 0.206. The van der Waals surface area contributed by atoms with E-state index < -0.39 is 0 Å². The van der Waals surface area contributed by atoms with Gasteiger partial charge in [-0.15, -0.1) is 11.3 Å². The highest BCUT2D eigenvalue weighted by Crippen LogP contribution is 2.38. The normalized spacial score (nSPS) is 15.1. The number of anilines is 1. The first-order valence-electron chi connectivity index (χ1n) is 7.23. The Bertz CT molecular complexity index is 546. The fraction of sp³-hybridized carbons (Fsp3) is 0.438. The molecule has 0 unspecified atom stereocenters. The molecule has 0 saturated heterocycles. The second-order valence-corrected chi connectivity index (χ2v) is 6.46. The predicted molar refractivity (Wildman–Crippen MR) is 83.3 cm³/mol. The maximum atomic E-state index is 8.89. The van der Waals surface area contributed by atoms with Crippen molar-refractivity contribution >= 4 is 17.0 Å². The van der Waals surface area contributed by atoms with Crippen molar-refractivity contribution < 1.29 is 5.11 Å². The van der Waals surface area contributed by atoms with Crippen LogP contribution in [0.25, 0.3) is 0 Å². The lowest BCUT2D eigenvalue weighted by molar-refractivity contribution is 0.299. The van der Waals surface area contributed by atoms with Gasteiger partial charge in [0.1, 0.15) is 0 Å². The van der Waals surface area contributed by atoms with Gasteiger partial charge >= 0.3 is 0 Å². The molecule has 0 atom stereocenters. The number of rotatable bonds is 6. The molecule has 2 aromatic rings. The van der Waals surface area contributed by atoms with E-state index in [0.717, 1.165) is 24.6 Å². The van der Waals surface area contributed by atoms with E-state index in [1.807, 2.05) is 17.5 Å². The summed E-state index contributed by atoms with van der Waals surface area (Å²) in [5.41, 5.74) is 2.29. The number of aromatic nitrogens is 1. The molecule has 3 nitrogen and oxygen atoms in total. The second kappa shape index (κ2) is 6.37. The zero-order valence-corrected chi connectivity index (χ0v) is 12.3. The second-order valence-electron chi connectivity index (χ2n) is 5.32. The van der Waals surface area contributed by atoms with Crippen molar-refractivity contribution in [3.05, 3.63) is 45.9 Å². The van der Waals surface area contributed by atoms with Crippen LogP contribution in [0.4, 0.5) is 5.69 Å². The highest BCUT2D eigenvalue weighted by Gasteiger charge is 2.22. The van der Waals surface area contributed by atoms with E-state index in [2.05, 4.69) is 34.6 Å². The van der Waals surface area contributed by atoms with Crippen LogP contribution in [0.2, 0.25) is 0 Å². The van der Waals surface area contributed by atoms with Gasteiger partial charge in [-0.05, 0) is 37.0 Å². The molecule has 1 aliphatic rings. The molecular weight excluding hydrogens is 268 g/mol. The molecule has 4 heteroatoms. The summed E-state index contributed by atoms with van der Waals surface area (Å²) in [5.74, 6) is 0.728. The number of hydrogen-bond acceptors (Lipinski definition) is 4. The first kappa shape index (κ1) is 13.6. The third kappa shape index (κ3) is 3.19. The quantitative estimate of drug-likeness (QED) is 0.854. The van der Waals surface area contributed by atoms with Gasteiger partial charge in [0.25, 0.3) is 0 Å². The number of aliphatic hydroxyl groups excluding tert-OH is 1. The predicted octanol–water partition coefficient (Wildman–Crippen LogP) is 3.56. The van der Waals surface area contributed by atoms with Crippen LogP contribution >= 0.6 is 11.3 Å². The average molecular weight is 288 g/mol.